The number of hydrogen-bond acceptors (Lipinski definition) is 3. The van der Waals surface area contributed by atoms with E-state index in [1.165, 1.54) is 19.5 Å². The lowest BCUT2D eigenvalue weighted by Crippen LogP contribution is -2.44. The van der Waals surface area contributed by atoms with E-state index in [4.69, 9.17) is 10.5 Å². The van der Waals surface area contributed by atoms with Crippen molar-refractivity contribution in [3.8, 4) is 0 Å². The molecule has 1 rings (SSSR count). The zero-order valence-corrected chi connectivity index (χ0v) is 10.4. The molecule has 0 spiro atoms. The van der Waals surface area contributed by atoms with E-state index in [0.29, 0.717) is 11.8 Å². The van der Waals surface area contributed by atoms with Crippen LogP contribution in [0.15, 0.2) is 0 Å². The van der Waals surface area contributed by atoms with Crippen LogP contribution in [0, 0.1) is 17.8 Å². The zero-order valence-electron chi connectivity index (χ0n) is 10.4. The number of rotatable bonds is 5. The van der Waals surface area contributed by atoms with Crippen LogP contribution in [-0.2, 0) is 4.74 Å². The van der Waals surface area contributed by atoms with Gasteiger partial charge in [-0.15, -0.1) is 0 Å². The second kappa shape index (κ2) is 6.46. The summed E-state index contributed by atoms with van der Waals surface area (Å²) in [5.41, 5.74) is 5.79. The van der Waals surface area contributed by atoms with Crippen molar-refractivity contribution in [2.75, 3.05) is 39.9 Å². The first kappa shape index (κ1) is 12.9. The van der Waals surface area contributed by atoms with E-state index in [-0.39, 0.29) is 0 Å². The summed E-state index contributed by atoms with van der Waals surface area (Å²) in [6, 6.07) is 0. The van der Waals surface area contributed by atoms with Gasteiger partial charge in [-0.2, -0.15) is 0 Å². The van der Waals surface area contributed by atoms with Crippen molar-refractivity contribution in [2.45, 2.75) is 20.3 Å². The molecule has 1 fully saturated rings. The van der Waals surface area contributed by atoms with E-state index < -0.39 is 0 Å². The van der Waals surface area contributed by atoms with Gasteiger partial charge in [-0.05, 0) is 37.3 Å². The summed E-state index contributed by atoms with van der Waals surface area (Å²) < 4.78 is 5.17. The van der Waals surface area contributed by atoms with Crippen LogP contribution >= 0.6 is 0 Å². The molecular weight excluding hydrogens is 188 g/mol. The average molecular weight is 214 g/mol. The SMILES string of the molecule is COCC(C)CN1CCC(C)C(CN)C1. The molecule has 2 N–H and O–H groups in total. The van der Waals surface area contributed by atoms with Crippen LogP contribution in [0.25, 0.3) is 0 Å². The van der Waals surface area contributed by atoms with Gasteiger partial charge in [0.25, 0.3) is 0 Å². The van der Waals surface area contributed by atoms with Gasteiger partial charge in [-0.1, -0.05) is 13.8 Å². The summed E-state index contributed by atoms with van der Waals surface area (Å²) in [6.07, 6.45) is 1.29. The second-order valence-corrected chi connectivity index (χ2v) is 5.08. The summed E-state index contributed by atoms with van der Waals surface area (Å²) in [5.74, 6) is 2.11. The van der Waals surface area contributed by atoms with Gasteiger partial charge < -0.3 is 15.4 Å². The minimum absolute atomic E-state index is 0.627. The Bertz CT molecular complexity index is 175. The number of methoxy groups -OCH3 is 1. The molecule has 1 heterocycles. The fourth-order valence-corrected chi connectivity index (χ4v) is 2.48. The molecule has 0 aromatic rings. The van der Waals surface area contributed by atoms with Gasteiger partial charge in [0.05, 0.1) is 0 Å². The van der Waals surface area contributed by atoms with E-state index in [1.807, 2.05) is 0 Å². The number of nitrogens with two attached hydrogens (primary N) is 1. The Morgan fingerprint density at radius 3 is 2.87 bits per heavy atom. The predicted octanol–water partition coefficient (Wildman–Crippen LogP) is 1.19. The first-order valence-electron chi connectivity index (χ1n) is 6.08. The molecule has 0 radical (unpaired) electrons. The highest BCUT2D eigenvalue weighted by Crippen LogP contribution is 2.22. The average Bonchev–Trinajstić information content (AvgIpc) is 2.21. The molecule has 0 amide bonds. The van der Waals surface area contributed by atoms with Crippen LogP contribution in [0.1, 0.15) is 20.3 Å². The molecule has 15 heavy (non-hydrogen) atoms. The Kier molecular flexibility index (Phi) is 5.58. The molecule has 3 nitrogen and oxygen atoms in total. The lowest BCUT2D eigenvalue weighted by Gasteiger charge is -2.37. The third-order valence-corrected chi connectivity index (χ3v) is 3.52. The van der Waals surface area contributed by atoms with Gasteiger partial charge in [0, 0.05) is 26.8 Å². The molecule has 3 unspecified atom stereocenters. The zero-order chi connectivity index (χ0) is 11.3. The maximum absolute atomic E-state index is 5.79. The number of nitrogens with zero attached hydrogens (tertiary/aromatic N) is 1. The minimum atomic E-state index is 0.627. The van der Waals surface area contributed by atoms with Crippen molar-refractivity contribution >= 4 is 0 Å². The van der Waals surface area contributed by atoms with Gasteiger partial charge in [0.2, 0.25) is 0 Å². The van der Waals surface area contributed by atoms with Crippen molar-refractivity contribution in [3.63, 3.8) is 0 Å². The standard InChI is InChI=1S/C12H26N2O/c1-10(9-15-3)7-14-5-4-11(2)12(6-13)8-14/h10-12H,4-9,13H2,1-3H3. The van der Waals surface area contributed by atoms with Crippen molar-refractivity contribution < 1.29 is 4.74 Å². The Balaban J connectivity index is 2.31. The first-order chi connectivity index (χ1) is 7.17. The van der Waals surface area contributed by atoms with Gasteiger partial charge >= 0.3 is 0 Å². The Morgan fingerprint density at radius 2 is 2.27 bits per heavy atom. The van der Waals surface area contributed by atoms with Crippen molar-refractivity contribution in [1.29, 1.82) is 0 Å². The Morgan fingerprint density at radius 1 is 1.53 bits per heavy atom. The van der Waals surface area contributed by atoms with Crippen LogP contribution in [0.4, 0.5) is 0 Å². The molecule has 1 aliphatic rings. The van der Waals surface area contributed by atoms with Crippen LogP contribution in [0.2, 0.25) is 0 Å². The number of likely N-dealkylation sites (tertiary alicyclic amines) is 1. The number of hydrogen-bond donors (Lipinski definition) is 1. The molecule has 3 atom stereocenters. The fraction of sp³-hybridized carbons (Fsp3) is 1.00. The summed E-state index contributed by atoms with van der Waals surface area (Å²) in [4.78, 5) is 2.54. The van der Waals surface area contributed by atoms with Crippen molar-refractivity contribution in [3.05, 3.63) is 0 Å². The third kappa shape index (κ3) is 4.09. The third-order valence-electron chi connectivity index (χ3n) is 3.52. The molecular formula is C12H26N2O. The maximum atomic E-state index is 5.79. The van der Waals surface area contributed by atoms with Crippen LogP contribution in [0.3, 0.4) is 0 Å². The van der Waals surface area contributed by atoms with Crippen LogP contribution in [-0.4, -0.2) is 44.8 Å². The smallest absolute Gasteiger partial charge is 0.0500 e. The monoisotopic (exact) mass is 214 g/mol. The Labute approximate surface area is 94.0 Å². The van der Waals surface area contributed by atoms with E-state index in [0.717, 1.165) is 25.6 Å². The molecule has 0 saturated carbocycles. The normalized spacial score (nSPS) is 30.4. The van der Waals surface area contributed by atoms with Gasteiger partial charge in [0.15, 0.2) is 0 Å². The lowest BCUT2D eigenvalue weighted by atomic mass is 9.87. The van der Waals surface area contributed by atoms with Crippen molar-refractivity contribution in [2.24, 2.45) is 23.5 Å². The van der Waals surface area contributed by atoms with Gasteiger partial charge in [0.1, 0.15) is 0 Å². The molecule has 0 aromatic carbocycles. The van der Waals surface area contributed by atoms with Crippen molar-refractivity contribution in [1.82, 2.24) is 4.90 Å². The summed E-state index contributed by atoms with van der Waals surface area (Å²) >= 11 is 0. The van der Waals surface area contributed by atoms with E-state index in [1.54, 1.807) is 7.11 Å². The first-order valence-corrected chi connectivity index (χ1v) is 6.08. The summed E-state index contributed by atoms with van der Waals surface area (Å²) in [7, 11) is 1.78. The molecule has 1 saturated heterocycles. The number of piperidine rings is 1. The summed E-state index contributed by atoms with van der Waals surface area (Å²) in [5, 5.41) is 0. The minimum Gasteiger partial charge on any atom is -0.384 e. The highest BCUT2D eigenvalue weighted by atomic mass is 16.5. The van der Waals surface area contributed by atoms with Crippen LogP contribution < -0.4 is 5.73 Å². The molecule has 0 aromatic heterocycles. The molecule has 90 valence electrons. The topological polar surface area (TPSA) is 38.5 Å². The number of ether oxygens (including phenoxy) is 1. The lowest BCUT2D eigenvalue weighted by molar-refractivity contribution is 0.0879. The molecule has 3 heteroatoms. The Hall–Kier alpha value is -0.120. The molecule has 0 bridgehead atoms. The predicted molar refractivity (Wildman–Crippen MR) is 63.8 cm³/mol. The second-order valence-electron chi connectivity index (χ2n) is 5.08. The summed E-state index contributed by atoms with van der Waals surface area (Å²) in [6.45, 7) is 9.82. The van der Waals surface area contributed by atoms with Crippen LogP contribution in [0.5, 0.6) is 0 Å². The van der Waals surface area contributed by atoms with E-state index in [2.05, 4.69) is 18.7 Å². The molecule has 0 aliphatic carbocycles. The quantitative estimate of drug-likeness (QED) is 0.747. The van der Waals surface area contributed by atoms with E-state index >= 15 is 0 Å². The molecule has 1 aliphatic heterocycles. The maximum Gasteiger partial charge on any atom is 0.0500 e. The van der Waals surface area contributed by atoms with E-state index in [9.17, 15) is 0 Å². The highest BCUT2D eigenvalue weighted by Gasteiger charge is 2.25. The largest absolute Gasteiger partial charge is 0.384 e. The van der Waals surface area contributed by atoms with Gasteiger partial charge in [-0.25, -0.2) is 0 Å². The fourth-order valence-electron chi connectivity index (χ4n) is 2.48. The van der Waals surface area contributed by atoms with Gasteiger partial charge in [-0.3, -0.25) is 0 Å². The highest BCUT2D eigenvalue weighted by molar-refractivity contribution is 4.79.